The molecule has 15 heavy (non-hydrogen) atoms. The summed E-state index contributed by atoms with van der Waals surface area (Å²) in [6.07, 6.45) is 1.14. The summed E-state index contributed by atoms with van der Waals surface area (Å²) in [5.41, 5.74) is 2.54. The van der Waals surface area contributed by atoms with E-state index in [1.807, 2.05) is 18.3 Å². The maximum atomic E-state index is 4.08. The summed E-state index contributed by atoms with van der Waals surface area (Å²) in [5, 5.41) is 9.80. The van der Waals surface area contributed by atoms with Crippen LogP contribution in [0.4, 0.5) is 0 Å². The first-order valence-electron chi connectivity index (χ1n) is 4.95. The lowest BCUT2D eigenvalue weighted by Gasteiger charge is -2.22. The summed E-state index contributed by atoms with van der Waals surface area (Å²) in [7, 11) is 0. The highest BCUT2D eigenvalue weighted by molar-refractivity contribution is 7.10. The molecule has 1 aliphatic heterocycles. The van der Waals surface area contributed by atoms with Gasteiger partial charge in [-0.1, -0.05) is 4.49 Å². The second-order valence-corrected chi connectivity index (χ2v) is 5.40. The predicted octanol–water partition coefficient (Wildman–Crippen LogP) is 2.14. The van der Waals surface area contributed by atoms with Gasteiger partial charge in [0.15, 0.2) is 0 Å². The Morgan fingerprint density at radius 1 is 1.47 bits per heavy atom. The van der Waals surface area contributed by atoms with Gasteiger partial charge in [0.25, 0.3) is 0 Å². The summed E-state index contributed by atoms with van der Waals surface area (Å²) >= 11 is 3.34. The number of nitrogens with one attached hydrogen (secondary N) is 1. The largest absolute Gasteiger partial charge is 0.304 e. The average Bonchev–Trinajstić information content (AvgIpc) is 2.85. The lowest BCUT2D eigenvalue weighted by molar-refractivity contribution is 0.582. The van der Waals surface area contributed by atoms with E-state index in [1.165, 1.54) is 26.9 Å². The summed E-state index contributed by atoms with van der Waals surface area (Å²) in [6.45, 7) is 3.08. The van der Waals surface area contributed by atoms with Crippen molar-refractivity contribution in [1.29, 1.82) is 0 Å². The van der Waals surface area contributed by atoms with Gasteiger partial charge in [-0.15, -0.1) is 16.4 Å². The van der Waals surface area contributed by atoms with Crippen LogP contribution in [-0.4, -0.2) is 16.1 Å². The fraction of sp³-hybridized carbons (Fsp3) is 0.400. The molecular weight excluding hydrogens is 226 g/mol. The zero-order chi connectivity index (χ0) is 10.3. The van der Waals surface area contributed by atoms with E-state index in [0.717, 1.165) is 18.7 Å². The molecule has 0 fully saturated rings. The molecule has 1 N–H and O–H groups in total. The van der Waals surface area contributed by atoms with Crippen molar-refractivity contribution in [3.8, 4) is 0 Å². The fourth-order valence-electron chi connectivity index (χ4n) is 1.97. The van der Waals surface area contributed by atoms with Crippen LogP contribution >= 0.6 is 22.9 Å². The fourth-order valence-corrected chi connectivity index (χ4v) is 3.81. The third-order valence-corrected chi connectivity index (χ3v) is 4.65. The van der Waals surface area contributed by atoms with E-state index in [4.69, 9.17) is 0 Å². The van der Waals surface area contributed by atoms with Gasteiger partial charge in [-0.2, -0.15) is 0 Å². The summed E-state index contributed by atoms with van der Waals surface area (Å²) < 4.78 is 4.01. The number of rotatable bonds is 1. The average molecular weight is 237 g/mol. The summed E-state index contributed by atoms with van der Waals surface area (Å²) in [4.78, 5) is 2.70. The molecule has 3 rings (SSSR count). The van der Waals surface area contributed by atoms with E-state index >= 15 is 0 Å². The van der Waals surface area contributed by atoms with Crippen molar-refractivity contribution in [2.45, 2.75) is 19.4 Å². The SMILES string of the molecule is Cc1nnsc1C1NCCc2ccsc21. The zero-order valence-electron chi connectivity index (χ0n) is 8.36. The predicted molar refractivity (Wildman–Crippen MR) is 62.5 cm³/mol. The molecule has 5 heteroatoms. The van der Waals surface area contributed by atoms with E-state index in [0.29, 0.717) is 6.04 Å². The second-order valence-electron chi connectivity index (χ2n) is 3.67. The Balaban J connectivity index is 2.07. The lowest BCUT2D eigenvalue weighted by atomic mass is 10.0. The molecule has 0 radical (unpaired) electrons. The van der Waals surface area contributed by atoms with Crippen molar-refractivity contribution in [2.75, 3.05) is 6.54 Å². The topological polar surface area (TPSA) is 37.8 Å². The van der Waals surface area contributed by atoms with Crippen molar-refractivity contribution in [1.82, 2.24) is 14.9 Å². The van der Waals surface area contributed by atoms with Crippen LogP contribution in [0.2, 0.25) is 0 Å². The van der Waals surface area contributed by atoms with E-state index in [9.17, 15) is 0 Å². The number of thiophene rings is 1. The Hall–Kier alpha value is -0.780. The molecule has 0 bridgehead atoms. The van der Waals surface area contributed by atoms with Crippen LogP contribution in [0, 0.1) is 6.92 Å². The van der Waals surface area contributed by atoms with Gasteiger partial charge in [0.05, 0.1) is 16.6 Å². The Labute approximate surface area is 96.3 Å². The quantitative estimate of drug-likeness (QED) is 0.826. The van der Waals surface area contributed by atoms with E-state index in [-0.39, 0.29) is 0 Å². The maximum Gasteiger partial charge on any atom is 0.0803 e. The van der Waals surface area contributed by atoms with Crippen molar-refractivity contribution in [3.05, 3.63) is 32.5 Å². The van der Waals surface area contributed by atoms with Gasteiger partial charge in [0, 0.05) is 11.4 Å². The third-order valence-electron chi connectivity index (χ3n) is 2.73. The first kappa shape index (κ1) is 9.45. The van der Waals surface area contributed by atoms with Gasteiger partial charge in [0.1, 0.15) is 0 Å². The van der Waals surface area contributed by atoms with Crippen LogP contribution in [0.1, 0.15) is 27.1 Å². The molecule has 3 heterocycles. The smallest absolute Gasteiger partial charge is 0.0803 e. The highest BCUT2D eigenvalue weighted by Gasteiger charge is 2.25. The first-order chi connectivity index (χ1) is 7.36. The molecule has 0 aliphatic carbocycles. The Kier molecular flexibility index (Phi) is 2.31. The van der Waals surface area contributed by atoms with Gasteiger partial charge in [-0.3, -0.25) is 0 Å². The monoisotopic (exact) mass is 237 g/mol. The molecule has 0 amide bonds. The highest BCUT2D eigenvalue weighted by Crippen LogP contribution is 2.34. The van der Waals surface area contributed by atoms with Gasteiger partial charge >= 0.3 is 0 Å². The number of nitrogens with zero attached hydrogens (tertiary/aromatic N) is 2. The number of aryl methyl sites for hydroxylation is 1. The van der Waals surface area contributed by atoms with E-state index < -0.39 is 0 Å². The van der Waals surface area contributed by atoms with Crippen molar-refractivity contribution < 1.29 is 0 Å². The molecule has 1 aliphatic rings. The van der Waals surface area contributed by atoms with Crippen molar-refractivity contribution in [3.63, 3.8) is 0 Å². The molecule has 1 unspecified atom stereocenters. The van der Waals surface area contributed by atoms with E-state index in [2.05, 4.69) is 26.4 Å². The van der Waals surface area contributed by atoms with Crippen LogP contribution in [0.5, 0.6) is 0 Å². The molecule has 78 valence electrons. The molecule has 2 aromatic rings. The first-order valence-corrected chi connectivity index (χ1v) is 6.60. The second kappa shape index (κ2) is 3.66. The minimum absolute atomic E-state index is 0.328. The summed E-state index contributed by atoms with van der Waals surface area (Å²) in [5.74, 6) is 0. The van der Waals surface area contributed by atoms with Crippen LogP contribution in [0.3, 0.4) is 0 Å². The van der Waals surface area contributed by atoms with E-state index in [1.54, 1.807) is 0 Å². The number of hydrogen-bond donors (Lipinski definition) is 1. The van der Waals surface area contributed by atoms with Crippen LogP contribution in [0.25, 0.3) is 0 Å². The molecule has 0 saturated heterocycles. The minimum Gasteiger partial charge on any atom is -0.304 e. The minimum atomic E-state index is 0.328. The zero-order valence-corrected chi connectivity index (χ0v) is 9.99. The van der Waals surface area contributed by atoms with Crippen LogP contribution in [-0.2, 0) is 6.42 Å². The Morgan fingerprint density at radius 3 is 3.20 bits per heavy atom. The molecular formula is C10H11N3S2. The molecule has 0 spiro atoms. The number of hydrogen-bond acceptors (Lipinski definition) is 5. The number of aromatic nitrogens is 2. The molecule has 1 atom stereocenters. The third kappa shape index (κ3) is 1.51. The van der Waals surface area contributed by atoms with Crippen molar-refractivity contribution >= 4 is 22.9 Å². The van der Waals surface area contributed by atoms with Crippen molar-refractivity contribution in [2.24, 2.45) is 0 Å². The lowest BCUT2D eigenvalue weighted by Crippen LogP contribution is -2.29. The Morgan fingerprint density at radius 2 is 2.40 bits per heavy atom. The molecule has 3 nitrogen and oxygen atoms in total. The summed E-state index contributed by atoms with van der Waals surface area (Å²) in [6, 6.07) is 2.56. The highest BCUT2D eigenvalue weighted by atomic mass is 32.1. The van der Waals surface area contributed by atoms with Crippen LogP contribution < -0.4 is 5.32 Å². The maximum absolute atomic E-state index is 4.08. The molecule has 2 aromatic heterocycles. The standard InChI is InChI=1S/C10H11N3S2/c1-6-9(15-13-12-6)8-10-7(2-4-11-8)3-5-14-10/h3,5,8,11H,2,4H2,1H3. The van der Waals surface area contributed by atoms with Gasteiger partial charge in [0.2, 0.25) is 0 Å². The normalized spacial score (nSPS) is 20.2. The van der Waals surface area contributed by atoms with Crippen LogP contribution in [0.15, 0.2) is 11.4 Å². The Bertz CT molecular complexity index is 474. The number of fused-ring (bicyclic) bond motifs is 1. The van der Waals surface area contributed by atoms with Gasteiger partial charge in [-0.05, 0) is 41.9 Å². The van der Waals surface area contributed by atoms with Gasteiger partial charge in [-0.25, -0.2) is 0 Å². The molecule has 0 aromatic carbocycles. The molecule has 0 saturated carbocycles. The van der Waals surface area contributed by atoms with Gasteiger partial charge < -0.3 is 5.32 Å².